The predicted octanol–water partition coefficient (Wildman–Crippen LogP) is 1.69. The summed E-state index contributed by atoms with van der Waals surface area (Å²) in [5, 5.41) is 15.4. The number of anilines is 2. The molecule has 3 rings (SSSR count). The maximum Gasteiger partial charge on any atom is 0.239 e. The molecule has 0 aliphatic heterocycles. The lowest BCUT2D eigenvalue weighted by atomic mass is 9.92. The lowest BCUT2D eigenvalue weighted by molar-refractivity contribution is 0.116. The van der Waals surface area contributed by atoms with Crippen molar-refractivity contribution in [3.63, 3.8) is 0 Å². The van der Waals surface area contributed by atoms with Gasteiger partial charge in [-0.05, 0) is 24.3 Å². The molecule has 1 aliphatic carbocycles. The van der Waals surface area contributed by atoms with Crippen molar-refractivity contribution in [2.75, 3.05) is 10.7 Å². The molecular weight excluding hydrogens is 262 g/mol. The molecule has 0 radical (unpaired) electrons. The number of aliphatic hydroxyl groups excluding tert-OH is 1. The third-order valence-corrected chi connectivity index (χ3v) is 4.39. The second-order valence-corrected chi connectivity index (χ2v) is 5.69. The van der Waals surface area contributed by atoms with Crippen LogP contribution >= 0.6 is 11.3 Å². The number of thiophene rings is 1. The van der Waals surface area contributed by atoms with Gasteiger partial charge >= 0.3 is 0 Å². The fraction of sp³-hybridized carbons (Fsp3) is 0.500. The Kier molecular flexibility index (Phi) is 3.50. The van der Waals surface area contributed by atoms with Crippen molar-refractivity contribution in [1.82, 2.24) is 9.97 Å². The van der Waals surface area contributed by atoms with Gasteiger partial charge in [-0.3, -0.25) is 5.43 Å². The van der Waals surface area contributed by atoms with Gasteiger partial charge in [0, 0.05) is 0 Å². The molecule has 2 aromatic heterocycles. The molecule has 1 fully saturated rings. The van der Waals surface area contributed by atoms with E-state index in [0.29, 0.717) is 5.95 Å². The number of aromatic nitrogens is 2. The highest BCUT2D eigenvalue weighted by molar-refractivity contribution is 7.17. The van der Waals surface area contributed by atoms with E-state index in [1.165, 1.54) is 0 Å². The molecule has 0 saturated heterocycles. The SMILES string of the molecule is NNc1nc(NC2CCCCC2O)c2sccc2n1. The number of nitrogens with zero attached hydrogens (tertiary/aromatic N) is 2. The number of hydrazine groups is 1. The van der Waals surface area contributed by atoms with Gasteiger partial charge in [0.2, 0.25) is 5.95 Å². The summed E-state index contributed by atoms with van der Waals surface area (Å²) in [7, 11) is 0. The molecule has 7 heteroatoms. The Morgan fingerprint density at radius 2 is 2.16 bits per heavy atom. The van der Waals surface area contributed by atoms with Crippen molar-refractivity contribution in [2.45, 2.75) is 37.8 Å². The topological polar surface area (TPSA) is 96.1 Å². The van der Waals surface area contributed by atoms with E-state index >= 15 is 0 Å². The van der Waals surface area contributed by atoms with E-state index < -0.39 is 0 Å². The van der Waals surface area contributed by atoms with Crippen molar-refractivity contribution in [2.24, 2.45) is 5.84 Å². The van der Waals surface area contributed by atoms with Crippen molar-refractivity contribution < 1.29 is 5.11 Å². The lowest BCUT2D eigenvalue weighted by Gasteiger charge is -2.28. The van der Waals surface area contributed by atoms with Gasteiger partial charge in [0.25, 0.3) is 0 Å². The smallest absolute Gasteiger partial charge is 0.239 e. The minimum absolute atomic E-state index is 0.0552. The first-order valence-corrected chi connectivity index (χ1v) is 7.32. The van der Waals surface area contributed by atoms with E-state index in [-0.39, 0.29) is 12.1 Å². The van der Waals surface area contributed by atoms with Gasteiger partial charge in [-0.25, -0.2) is 10.8 Å². The number of aliphatic hydroxyl groups is 1. The maximum absolute atomic E-state index is 10.0. The molecule has 0 aromatic carbocycles. The number of nitrogen functional groups attached to an aromatic ring is 1. The Hall–Kier alpha value is -1.44. The Labute approximate surface area is 115 Å². The quantitative estimate of drug-likeness (QED) is 0.504. The van der Waals surface area contributed by atoms with Gasteiger partial charge in [0.1, 0.15) is 5.82 Å². The van der Waals surface area contributed by atoms with Crippen molar-refractivity contribution >= 4 is 33.3 Å². The van der Waals surface area contributed by atoms with Crippen LogP contribution in [0, 0.1) is 0 Å². The van der Waals surface area contributed by atoms with Gasteiger partial charge < -0.3 is 10.4 Å². The van der Waals surface area contributed by atoms with E-state index in [1.54, 1.807) is 11.3 Å². The molecule has 0 amide bonds. The summed E-state index contributed by atoms with van der Waals surface area (Å²) in [5.41, 5.74) is 3.34. The minimum Gasteiger partial charge on any atom is -0.391 e. The Bertz CT molecular complexity index is 572. The van der Waals surface area contributed by atoms with E-state index in [0.717, 1.165) is 41.7 Å². The monoisotopic (exact) mass is 279 g/mol. The van der Waals surface area contributed by atoms with Crippen LogP contribution in [-0.2, 0) is 0 Å². The molecule has 2 atom stereocenters. The standard InChI is InChI=1S/C12H17N5OS/c13-17-12-15-8-5-6-19-10(8)11(16-12)14-7-3-1-2-4-9(7)18/h5-7,9,18H,1-4,13H2,(H2,14,15,16,17). The van der Waals surface area contributed by atoms with Crippen LogP contribution in [0.25, 0.3) is 10.2 Å². The first kappa shape index (κ1) is 12.6. The van der Waals surface area contributed by atoms with E-state index in [2.05, 4.69) is 20.7 Å². The van der Waals surface area contributed by atoms with Gasteiger partial charge in [-0.15, -0.1) is 11.3 Å². The fourth-order valence-corrected chi connectivity index (χ4v) is 3.26. The lowest BCUT2D eigenvalue weighted by Crippen LogP contribution is -2.36. The second kappa shape index (κ2) is 5.28. The summed E-state index contributed by atoms with van der Waals surface area (Å²) in [4.78, 5) is 8.65. The molecule has 5 N–H and O–H groups in total. The van der Waals surface area contributed by atoms with Crippen LogP contribution in [0.5, 0.6) is 0 Å². The van der Waals surface area contributed by atoms with Crippen LogP contribution in [0.15, 0.2) is 11.4 Å². The normalized spacial score (nSPS) is 23.5. The third-order valence-electron chi connectivity index (χ3n) is 3.48. The van der Waals surface area contributed by atoms with Crippen molar-refractivity contribution in [1.29, 1.82) is 0 Å². The number of nitrogens with two attached hydrogens (primary N) is 1. The zero-order valence-corrected chi connectivity index (χ0v) is 11.3. The number of hydrogen-bond acceptors (Lipinski definition) is 7. The molecule has 6 nitrogen and oxygen atoms in total. The van der Waals surface area contributed by atoms with Gasteiger partial charge in [0.05, 0.1) is 22.4 Å². The maximum atomic E-state index is 10.0. The third kappa shape index (κ3) is 2.49. The van der Waals surface area contributed by atoms with Crippen LogP contribution in [0.1, 0.15) is 25.7 Å². The molecule has 2 unspecified atom stereocenters. The molecule has 1 aliphatic rings. The summed E-state index contributed by atoms with van der Waals surface area (Å²) >= 11 is 1.59. The van der Waals surface area contributed by atoms with Crippen LogP contribution in [-0.4, -0.2) is 27.2 Å². The minimum atomic E-state index is -0.312. The predicted molar refractivity (Wildman–Crippen MR) is 77.1 cm³/mol. The molecule has 0 spiro atoms. The van der Waals surface area contributed by atoms with Crippen LogP contribution in [0.3, 0.4) is 0 Å². The van der Waals surface area contributed by atoms with Crippen LogP contribution < -0.4 is 16.6 Å². The average Bonchev–Trinajstić information content (AvgIpc) is 2.89. The number of nitrogens with one attached hydrogen (secondary N) is 2. The molecule has 102 valence electrons. The summed E-state index contributed by atoms with van der Waals surface area (Å²) in [6, 6.07) is 1.99. The average molecular weight is 279 g/mol. The molecular formula is C12H17N5OS. The number of rotatable bonds is 3. The first-order valence-electron chi connectivity index (χ1n) is 6.44. The zero-order chi connectivity index (χ0) is 13.2. The molecule has 2 aromatic rings. The highest BCUT2D eigenvalue weighted by atomic mass is 32.1. The Morgan fingerprint density at radius 1 is 1.32 bits per heavy atom. The van der Waals surface area contributed by atoms with E-state index in [4.69, 9.17) is 5.84 Å². The first-order chi connectivity index (χ1) is 9.28. The summed E-state index contributed by atoms with van der Waals surface area (Å²) in [6.45, 7) is 0. The highest BCUT2D eigenvalue weighted by Gasteiger charge is 2.24. The molecule has 2 heterocycles. The van der Waals surface area contributed by atoms with Crippen LogP contribution in [0.2, 0.25) is 0 Å². The summed E-state index contributed by atoms with van der Waals surface area (Å²) < 4.78 is 0.997. The van der Waals surface area contributed by atoms with Crippen molar-refractivity contribution in [3.05, 3.63) is 11.4 Å². The fourth-order valence-electron chi connectivity index (χ4n) is 2.48. The van der Waals surface area contributed by atoms with E-state index in [1.807, 2.05) is 11.4 Å². The van der Waals surface area contributed by atoms with Crippen LogP contribution in [0.4, 0.5) is 11.8 Å². The summed E-state index contributed by atoms with van der Waals surface area (Å²) in [5.74, 6) is 6.53. The van der Waals surface area contributed by atoms with Gasteiger partial charge in [-0.2, -0.15) is 4.98 Å². The Morgan fingerprint density at radius 3 is 2.95 bits per heavy atom. The second-order valence-electron chi connectivity index (χ2n) is 4.78. The Balaban J connectivity index is 1.92. The summed E-state index contributed by atoms with van der Waals surface area (Å²) in [6.07, 6.45) is 3.72. The molecule has 19 heavy (non-hydrogen) atoms. The number of hydrogen-bond donors (Lipinski definition) is 4. The van der Waals surface area contributed by atoms with E-state index in [9.17, 15) is 5.11 Å². The van der Waals surface area contributed by atoms with Gasteiger partial charge in [0.15, 0.2) is 0 Å². The highest BCUT2D eigenvalue weighted by Crippen LogP contribution is 2.29. The van der Waals surface area contributed by atoms with Crippen molar-refractivity contribution in [3.8, 4) is 0 Å². The molecule has 0 bridgehead atoms. The number of fused-ring (bicyclic) bond motifs is 1. The molecule has 1 saturated carbocycles. The van der Waals surface area contributed by atoms with Gasteiger partial charge in [-0.1, -0.05) is 12.8 Å². The zero-order valence-electron chi connectivity index (χ0n) is 10.5. The largest absolute Gasteiger partial charge is 0.391 e.